The van der Waals surface area contributed by atoms with Gasteiger partial charge in [0.05, 0.1) is 5.69 Å². The Hall–Kier alpha value is -3.22. The molecular formula is C21H25N5O2. The van der Waals surface area contributed by atoms with E-state index in [0.717, 1.165) is 17.1 Å². The Balaban J connectivity index is 1.75. The fourth-order valence-electron chi connectivity index (χ4n) is 2.86. The van der Waals surface area contributed by atoms with Crippen molar-refractivity contribution in [1.82, 2.24) is 19.7 Å². The number of carbonyl (C=O) groups is 1. The van der Waals surface area contributed by atoms with E-state index in [4.69, 9.17) is 4.74 Å². The van der Waals surface area contributed by atoms with Gasteiger partial charge in [0.15, 0.2) is 5.82 Å². The van der Waals surface area contributed by atoms with Crippen molar-refractivity contribution in [3.8, 4) is 17.4 Å². The highest BCUT2D eigenvalue weighted by atomic mass is 16.5. The predicted octanol–water partition coefficient (Wildman–Crippen LogP) is 4.36. The molecular weight excluding hydrogens is 354 g/mol. The zero-order chi connectivity index (χ0) is 20.3. The second kappa shape index (κ2) is 8.21. The largest absolute Gasteiger partial charge is 0.439 e. The Bertz CT molecular complexity index is 977. The Morgan fingerprint density at radius 2 is 1.82 bits per heavy atom. The number of carbonyl (C=O) groups excluding carboxylic acids is 1. The van der Waals surface area contributed by atoms with Crippen molar-refractivity contribution in [2.45, 2.75) is 41.0 Å². The van der Waals surface area contributed by atoms with Crippen molar-refractivity contribution in [1.29, 1.82) is 0 Å². The van der Waals surface area contributed by atoms with Crippen molar-refractivity contribution >= 4 is 11.6 Å². The van der Waals surface area contributed by atoms with Crippen LogP contribution in [-0.4, -0.2) is 25.7 Å². The van der Waals surface area contributed by atoms with Crippen molar-refractivity contribution in [2.24, 2.45) is 5.92 Å². The Morgan fingerprint density at radius 1 is 1.11 bits per heavy atom. The van der Waals surface area contributed by atoms with E-state index in [1.165, 1.54) is 0 Å². The fourth-order valence-corrected chi connectivity index (χ4v) is 2.86. The number of rotatable bonds is 6. The molecule has 0 aliphatic heterocycles. The Kier molecular flexibility index (Phi) is 5.73. The number of aryl methyl sites for hydroxylation is 3. The summed E-state index contributed by atoms with van der Waals surface area (Å²) in [6, 6.07) is 11.0. The molecule has 0 saturated carbocycles. The Morgan fingerprint density at radius 3 is 2.43 bits per heavy atom. The van der Waals surface area contributed by atoms with Gasteiger partial charge < -0.3 is 10.1 Å². The molecule has 0 unspecified atom stereocenters. The van der Waals surface area contributed by atoms with Crippen LogP contribution in [0.2, 0.25) is 0 Å². The van der Waals surface area contributed by atoms with Crippen LogP contribution < -0.4 is 10.1 Å². The zero-order valence-corrected chi connectivity index (χ0v) is 16.9. The third-order valence-corrected chi connectivity index (χ3v) is 3.98. The van der Waals surface area contributed by atoms with Gasteiger partial charge >= 0.3 is 0 Å². The molecule has 0 radical (unpaired) electrons. The van der Waals surface area contributed by atoms with Gasteiger partial charge in [-0.25, -0.2) is 9.67 Å². The minimum atomic E-state index is 0.00428. The van der Waals surface area contributed by atoms with Crippen LogP contribution in [0, 0.1) is 26.7 Å². The lowest BCUT2D eigenvalue weighted by Crippen LogP contribution is -2.13. The van der Waals surface area contributed by atoms with Crippen LogP contribution in [0.15, 0.2) is 36.4 Å². The summed E-state index contributed by atoms with van der Waals surface area (Å²) in [6.07, 6.45) is 0.494. The van der Waals surface area contributed by atoms with E-state index in [1.807, 2.05) is 52.8 Å². The summed E-state index contributed by atoms with van der Waals surface area (Å²) >= 11 is 0. The maximum absolute atomic E-state index is 11.9. The highest BCUT2D eigenvalue weighted by molar-refractivity contribution is 5.90. The first kappa shape index (κ1) is 19.5. The number of nitrogens with zero attached hydrogens (tertiary/aromatic N) is 4. The standard InChI is InChI=1S/C21H25N5O2/c1-13(2)10-20(27)24-17-6-8-18(9-7-17)28-21-12-19(22-16(5)23-21)26-15(4)11-14(3)25-26/h6-9,11-13H,10H2,1-5H3,(H,24,27). The van der Waals surface area contributed by atoms with Gasteiger partial charge in [0.2, 0.25) is 11.8 Å². The molecule has 0 aliphatic carbocycles. The summed E-state index contributed by atoms with van der Waals surface area (Å²) in [4.78, 5) is 20.7. The molecule has 7 heteroatoms. The molecule has 28 heavy (non-hydrogen) atoms. The van der Waals surface area contributed by atoms with Gasteiger partial charge in [-0.15, -0.1) is 0 Å². The highest BCUT2D eigenvalue weighted by Gasteiger charge is 2.10. The van der Waals surface area contributed by atoms with E-state index in [9.17, 15) is 4.79 Å². The average molecular weight is 379 g/mol. The molecule has 0 fully saturated rings. The molecule has 2 aromatic heterocycles. The zero-order valence-electron chi connectivity index (χ0n) is 16.9. The third kappa shape index (κ3) is 4.94. The summed E-state index contributed by atoms with van der Waals surface area (Å²) in [7, 11) is 0. The summed E-state index contributed by atoms with van der Waals surface area (Å²) < 4.78 is 7.66. The first-order valence-electron chi connectivity index (χ1n) is 9.27. The van der Waals surface area contributed by atoms with Crippen molar-refractivity contribution in [3.05, 3.63) is 53.6 Å². The van der Waals surface area contributed by atoms with Crippen LogP contribution in [-0.2, 0) is 4.79 Å². The van der Waals surface area contributed by atoms with Crippen molar-refractivity contribution in [3.63, 3.8) is 0 Å². The fraction of sp³-hybridized carbons (Fsp3) is 0.333. The minimum absolute atomic E-state index is 0.00428. The second-order valence-corrected chi connectivity index (χ2v) is 7.22. The number of hydrogen-bond donors (Lipinski definition) is 1. The molecule has 0 aliphatic rings. The van der Waals surface area contributed by atoms with Crippen LogP contribution in [0.5, 0.6) is 11.6 Å². The van der Waals surface area contributed by atoms with Gasteiger partial charge in [0.25, 0.3) is 0 Å². The van der Waals surface area contributed by atoms with Crippen LogP contribution in [0.1, 0.15) is 37.5 Å². The van der Waals surface area contributed by atoms with Crippen LogP contribution in [0.3, 0.4) is 0 Å². The summed E-state index contributed by atoms with van der Waals surface area (Å²) in [5.74, 6) is 2.64. The topological polar surface area (TPSA) is 81.9 Å². The van der Waals surface area contributed by atoms with Gasteiger partial charge in [-0.2, -0.15) is 10.1 Å². The third-order valence-electron chi connectivity index (χ3n) is 3.98. The quantitative estimate of drug-likeness (QED) is 0.688. The second-order valence-electron chi connectivity index (χ2n) is 7.22. The van der Waals surface area contributed by atoms with Gasteiger partial charge in [-0.1, -0.05) is 13.8 Å². The molecule has 0 spiro atoms. The van der Waals surface area contributed by atoms with Gasteiger partial charge in [-0.3, -0.25) is 4.79 Å². The first-order valence-corrected chi connectivity index (χ1v) is 9.27. The molecule has 3 aromatic rings. The SMILES string of the molecule is Cc1cc(C)n(-c2cc(Oc3ccc(NC(=O)CC(C)C)cc3)nc(C)n2)n1. The monoisotopic (exact) mass is 379 g/mol. The number of nitrogens with one attached hydrogen (secondary N) is 1. The summed E-state index contributed by atoms with van der Waals surface area (Å²) in [6.45, 7) is 9.76. The number of benzene rings is 1. The first-order chi connectivity index (χ1) is 13.3. The molecule has 1 aromatic carbocycles. The molecule has 0 atom stereocenters. The van der Waals surface area contributed by atoms with Crippen LogP contribution in [0.4, 0.5) is 5.69 Å². The maximum Gasteiger partial charge on any atom is 0.224 e. The lowest BCUT2D eigenvalue weighted by molar-refractivity contribution is -0.116. The number of ether oxygens (including phenoxy) is 1. The van der Waals surface area contributed by atoms with E-state index in [-0.39, 0.29) is 5.91 Å². The van der Waals surface area contributed by atoms with Gasteiger partial charge in [-0.05, 0) is 57.0 Å². The average Bonchev–Trinajstić information content (AvgIpc) is 2.94. The van der Waals surface area contributed by atoms with Crippen LogP contribution >= 0.6 is 0 Å². The van der Waals surface area contributed by atoms with E-state index < -0.39 is 0 Å². The molecule has 0 bridgehead atoms. The number of amides is 1. The molecule has 3 rings (SSSR count). The molecule has 7 nitrogen and oxygen atoms in total. The van der Waals surface area contributed by atoms with E-state index >= 15 is 0 Å². The van der Waals surface area contributed by atoms with Crippen molar-refractivity contribution in [2.75, 3.05) is 5.32 Å². The molecule has 2 heterocycles. The van der Waals surface area contributed by atoms with Crippen LogP contribution in [0.25, 0.3) is 5.82 Å². The normalized spacial score (nSPS) is 10.9. The summed E-state index contributed by atoms with van der Waals surface area (Å²) in [5.41, 5.74) is 2.65. The minimum Gasteiger partial charge on any atom is -0.439 e. The molecule has 146 valence electrons. The van der Waals surface area contributed by atoms with E-state index in [1.54, 1.807) is 22.9 Å². The number of anilines is 1. The van der Waals surface area contributed by atoms with Gasteiger partial charge in [0.1, 0.15) is 11.6 Å². The summed E-state index contributed by atoms with van der Waals surface area (Å²) in [5, 5.41) is 7.34. The number of hydrogen-bond acceptors (Lipinski definition) is 5. The maximum atomic E-state index is 11.9. The Labute approximate surface area is 164 Å². The van der Waals surface area contributed by atoms with Gasteiger partial charge in [0, 0.05) is 23.9 Å². The number of aromatic nitrogens is 4. The highest BCUT2D eigenvalue weighted by Crippen LogP contribution is 2.23. The van der Waals surface area contributed by atoms with E-state index in [2.05, 4.69) is 20.4 Å². The molecule has 1 amide bonds. The smallest absolute Gasteiger partial charge is 0.224 e. The predicted molar refractivity (Wildman–Crippen MR) is 108 cm³/mol. The van der Waals surface area contributed by atoms with Crippen molar-refractivity contribution < 1.29 is 9.53 Å². The lowest BCUT2D eigenvalue weighted by atomic mass is 10.1. The van der Waals surface area contributed by atoms with E-state index in [0.29, 0.717) is 35.6 Å². The molecule has 0 saturated heterocycles. The lowest BCUT2D eigenvalue weighted by Gasteiger charge is -2.10. The molecule has 1 N–H and O–H groups in total.